The molecule has 1 aliphatic rings. The Balaban J connectivity index is 2.63. The van der Waals surface area contributed by atoms with E-state index in [1.54, 1.807) is 6.07 Å². The number of carbonyl (C=O) groups excluding carboxylic acids is 1. The van der Waals surface area contributed by atoms with Crippen LogP contribution in [0, 0.1) is 0 Å². The summed E-state index contributed by atoms with van der Waals surface area (Å²) in [6, 6.07) is 4.37. The van der Waals surface area contributed by atoms with Crippen molar-refractivity contribution in [2.75, 3.05) is 13.7 Å². The van der Waals surface area contributed by atoms with Gasteiger partial charge < -0.3 is 4.74 Å². The Labute approximate surface area is 99.4 Å². The highest BCUT2D eigenvalue weighted by Crippen LogP contribution is 2.32. The lowest BCUT2D eigenvalue weighted by Crippen LogP contribution is -2.29. The maximum Gasteiger partial charge on any atom is 0.269 e. The van der Waals surface area contributed by atoms with Gasteiger partial charge in [0.2, 0.25) is 0 Å². The molecule has 1 amide bonds. The van der Waals surface area contributed by atoms with Gasteiger partial charge >= 0.3 is 0 Å². The lowest BCUT2D eigenvalue weighted by Gasteiger charge is -2.11. The number of nitrogens with zero attached hydrogens (tertiary/aromatic N) is 1. The fraction of sp³-hybridized carbons (Fsp3) is 0.182. The summed E-state index contributed by atoms with van der Waals surface area (Å²) >= 11 is 0. The van der Waals surface area contributed by atoms with E-state index in [0.29, 0.717) is 5.75 Å². The van der Waals surface area contributed by atoms with Gasteiger partial charge in [0, 0.05) is 6.07 Å². The second kappa shape index (κ2) is 3.89. The smallest absolute Gasteiger partial charge is 0.269 e. The zero-order chi connectivity index (χ0) is 12.6. The molecule has 0 radical (unpaired) electrons. The predicted octanol–water partition coefficient (Wildman–Crippen LogP) is 1.03. The van der Waals surface area contributed by atoms with Crippen molar-refractivity contribution in [2.45, 2.75) is 4.90 Å². The molecule has 0 aromatic heterocycles. The fourth-order valence-electron chi connectivity index (χ4n) is 1.68. The Hall–Kier alpha value is -1.82. The molecule has 0 N–H and O–H groups in total. The van der Waals surface area contributed by atoms with E-state index in [1.807, 2.05) is 0 Å². The average molecular weight is 253 g/mol. The van der Waals surface area contributed by atoms with Crippen LogP contribution in [-0.4, -0.2) is 32.3 Å². The topological polar surface area (TPSA) is 63.7 Å². The number of methoxy groups -OCH3 is 1. The number of carbonyl (C=O) groups is 1. The van der Waals surface area contributed by atoms with Crippen LogP contribution in [0.5, 0.6) is 5.75 Å². The summed E-state index contributed by atoms with van der Waals surface area (Å²) in [5, 5.41) is 0. The van der Waals surface area contributed by atoms with E-state index in [1.165, 1.54) is 25.3 Å². The molecule has 5 nitrogen and oxygen atoms in total. The van der Waals surface area contributed by atoms with E-state index in [2.05, 4.69) is 6.58 Å². The summed E-state index contributed by atoms with van der Waals surface area (Å²) in [5.41, 5.74) is 0.174. The van der Waals surface area contributed by atoms with Crippen molar-refractivity contribution < 1.29 is 17.9 Å². The van der Waals surface area contributed by atoms with Gasteiger partial charge in [0.25, 0.3) is 15.9 Å². The molecule has 0 fully saturated rings. The van der Waals surface area contributed by atoms with Gasteiger partial charge in [-0.3, -0.25) is 4.79 Å². The normalized spacial score (nSPS) is 16.8. The van der Waals surface area contributed by atoms with Crippen LogP contribution in [0.25, 0.3) is 0 Å². The van der Waals surface area contributed by atoms with Gasteiger partial charge in [0.15, 0.2) is 0 Å². The Kier molecular flexibility index (Phi) is 2.66. The Morgan fingerprint density at radius 3 is 2.76 bits per heavy atom. The minimum atomic E-state index is -3.76. The van der Waals surface area contributed by atoms with Gasteiger partial charge in [0.1, 0.15) is 10.6 Å². The molecule has 90 valence electrons. The van der Waals surface area contributed by atoms with Crippen molar-refractivity contribution in [2.24, 2.45) is 0 Å². The number of rotatable bonds is 3. The van der Waals surface area contributed by atoms with E-state index in [0.717, 1.165) is 4.31 Å². The van der Waals surface area contributed by atoms with Gasteiger partial charge in [-0.15, -0.1) is 6.58 Å². The SMILES string of the molecule is C=CCN1C(=O)c2ccc(OC)cc2S1(=O)=O. The van der Waals surface area contributed by atoms with Crippen LogP contribution in [0.1, 0.15) is 10.4 Å². The van der Waals surface area contributed by atoms with Crippen molar-refractivity contribution in [1.82, 2.24) is 4.31 Å². The molecule has 0 spiro atoms. The average Bonchev–Trinajstić information content (AvgIpc) is 2.51. The third-order valence-electron chi connectivity index (χ3n) is 2.51. The van der Waals surface area contributed by atoms with Crippen LogP contribution >= 0.6 is 0 Å². The molecule has 0 saturated heterocycles. The molecule has 0 bridgehead atoms. The van der Waals surface area contributed by atoms with Crippen LogP contribution in [0.3, 0.4) is 0 Å². The van der Waals surface area contributed by atoms with Crippen LogP contribution in [0.2, 0.25) is 0 Å². The second-order valence-corrected chi connectivity index (χ2v) is 5.32. The van der Waals surface area contributed by atoms with Crippen LogP contribution in [0.15, 0.2) is 35.7 Å². The van der Waals surface area contributed by atoms with Gasteiger partial charge in [-0.05, 0) is 12.1 Å². The minimum absolute atomic E-state index is 0.0105. The zero-order valence-corrected chi connectivity index (χ0v) is 10.0. The van der Waals surface area contributed by atoms with Gasteiger partial charge in [-0.2, -0.15) is 0 Å². The van der Waals surface area contributed by atoms with E-state index >= 15 is 0 Å². The number of fused-ring (bicyclic) bond motifs is 1. The minimum Gasteiger partial charge on any atom is -0.497 e. The van der Waals surface area contributed by atoms with Crippen molar-refractivity contribution in [3.63, 3.8) is 0 Å². The van der Waals surface area contributed by atoms with Crippen molar-refractivity contribution in [3.8, 4) is 5.75 Å². The van der Waals surface area contributed by atoms with Crippen LogP contribution in [0.4, 0.5) is 0 Å². The number of hydrogen-bond donors (Lipinski definition) is 0. The summed E-state index contributed by atoms with van der Waals surface area (Å²) < 4.78 is 29.9. The highest BCUT2D eigenvalue weighted by molar-refractivity contribution is 7.90. The van der Waals surface area contributed by atoms with Crippen molar-refractivity contribution >= 4 is 15.9 Å². The third-order valence-corrected chi connectivity index (χ3v) is 4.30. The first kappa shape index (κ1) is 11.7. The van der Waals surface area contributed by atoms with Crippen LogP contribution in [-0.2, 0) is 10.0 Å². The molecule has 0 atom stereocenters. The van der Waals surface area contributed by atoms with Gasteiger partial charge in [-0.1, -0.05) is 6.08 Å². The van der Waals surface area contributed by atoms with Gasteiger partial charge in [0.05, 0.1) is 19.2 Å². The molecule has 1 aromatic carbocycles. The van der Waals surface area contributed by atoms with E-state index in [4.69, 9.17) is 4.74 Å². The summed E-state index contributed by atoms with van der Waals surface area (Å²) in [6.45, 7) is 3.41. The predicted molar refractivity (Wildman–Crippen MR) is 61.4 cm³/mol. The molecule has 17 heavy (non-hydrogen) atoms. The first-order valence-electron chi connectivity index (χ1n) is 4.88. The number of benzene rings is 1. The molecular weight excluding hydrogens is 242 g/mol. The number of hydrogen-bond acceptors (Lipinski definition) is 4. The molecule has 0 saturated carbocycles. The molecule has 1 aliphatic heterocycles. The maximum atomic E-state index is 12.1. The Morgan fingerprint density at radius 1 is 1.47 bits per heavy atom. The first-order chi connectivity index (χ1) is 8.02. The second-order valence-electron chi connectivity index (χ2n) is 3.49. The number of sulfonamides is 1. The highest BCUT2D eigenvalue weighted by atomic mass is 32.2. The first-order valence-corrected chi connectivity index (χ1v) is 6.32. The molecule has 0 unspecified atom stereocenters. The van der Waals surface area contributed by atoms with E-state index < -0.39 is 15.9 Å². The molecule has 0 aliphatic carbocycles. The lowest BCUT2D eigenvalue weighted by atomic mass is 10.2. The van der Waals surface area contributed by atoms with Crippen LogP contribution < -0.4 is 4.74 Å². The summed E-state index contributed by atoms with van der Waals surface area (Å²) in [6.07, 6.45) is 1.37. The lowest BCUT2D eigenvalue weighted by molar-refractivity contribution is 0.0880. The number of ether oxygens (including phenoxy) is 1. The number of amides is 1. The Bertz CT molecular complexity index is 591. The highest BCUT2D eigenvalue weighted by Gasteiger charge is 2.40. The maximum absolute atomic E-state index is 12.1. The van der Waals surface area contributed by atoms with Gasteiger partial charge in [-0.25, -0.2) is 12.7 Å². The zero-order valence-electron chi connectivity index (χ0n) is 9.21. The monoisotopic (exact) mass is 253 g/mol. The summed E-state index contributed by atoms with van der Waals surface area (Å²) in [5.74, 6) is -0.122. The van der Waals surface area contributed by atoms with E-state index in [-0.39, 0.29) is 17.0 Å². The van der Waals surface area contributed by atoms with Crippen molar-refractivity contribution in [1.29, 1.82) is 0 Å². The molecule has 6 heteroatoms. The molecular formula is C11H11NO4S. The molecule has 1 heterocycles. The Morgan fingerprint density at radius 2 is 2.18 bits per heavy atom. The van der Waals surface area contributed by atoms with Crippen molar-refractivity contribution in [3.05, 3.63) is 36.4 Å². The summed E-state index contributed by atoms with van der Waals surface area (Å²) in [4.78, 5) is 11.8. The summed E-state index contributed by atoms with van der Waals surface area (Å²) in [7, 11) is -2.32. The standard InChI is InChI=1S/C11H11NO4S/c1-3-6-12-11(13)9-5-4-8(16-2)7-10(9)17(12,14)15/h3-5,7H,1,6H2,2H3. The van der Waals surface area contributed by atoms with E-state index in [9.17, 15) is 13.2 Å². The largest absolute Gasteiger partial charge is 0.497 e. The molecule has 2 rings (SSSR count). The third kappa shape index (κ3) is 1.61. The molecule has 1 aromatic rings. The quantitative estimate of drug-likeness (QED) is 0.755. The fourth-order valence-corrected chi connectivity index (χ4v) is 3.23.